The monoisotopic (exact) mass is 362 g/mol. The van der Waals surface area contributed by atoms with E-state index in [1.807, 2.05) is 23.7 Å². The van der Waals surface area contributed by atoms with Crippen molar-refractivity contribution >= 4 is 5.95 Å². The molecule has 5 heteroatoms. The van der Waals surface area contributed by atoms with Gasteiger partial charge in [0.15, 0.2) is 0 Å². The van der Waals surface area contributed by atoms with Crippen LogP contribution in [0.3, 0.4) is 0 Å². The number of ether oxygens (including phenoxy) is 1. The Hall–Kier alpha value is -2.82. The molecule has 140 valence electrons. The van der Waals surface area contributed by atoms with Gasteiger partial charge in [-0.2, -0.15) is 10.1 Å². The first-order valence-corrected chi connectivity index (χ1v) is 9.64. The van der Waals surface area contributed by atoms with E-state index in [4.69, 9.17) is 4.74 Å². The SMILES string of the molecule is CCOc1ccc(C2CC(c3ccc(C(C)C)cc3)n3ncnc3N2)cc1. The Morgan fingerprint density at radius 3 is 2.44 bits per heavy atom. The summed E-state index contributed by atoms with van der Waals surface area (Å²) < 4.78 is 7.56. The van der Waals surface area contributed by atoms with Crippen LogP contribution in [0, 0.1) is 0 Å². The summed E-state index contributed by atoms with van der Waals surface area (Å²) in [7, 11) is 0. The Labute approximate surface area is 160 Å². The van der Waals surface area contributed by atoms with Gasteiger partial charge >= 0.3 is 0 Å². The summed E-state index contributed by atoms with van der Waals surface area (Å²) in [4.78, 5) is 4.42. The molecule has 0 radical (unpaired) electrons. The summed E-state index contributed by atoms with van der Waals surface area (Å²) >= 11 is 0. The fourth-order valence-corrected chi connectivity index (χ4v) is 3.68. The third-order valence-corrected chi connectivity index (χ3v) is 5.21. The van der Waals surface area contributed by atoms with Gasteiger partial charge in [-0.1, -0.05) is 50.2 Å². The first kappa shape index (κ1) is 17.6. The number of nitrogens with zero attached hydrogens (tertiary/aromatic N) is 3. The first-order chi connectivity index (χ1) is 13.2. The second-order valence-corrected chi connectivity index (χ2v) is 7.30. The molecule has 1 aliphatic heterocycles. The molecule has 2 aromatic carbocycles. The van der Waals surface area contributed by atoms with Crippen molar-refractivity contribution in [2.45, 2.75) is 45.2 Å². The van der Waals surface area contributed by atoms with Gasteiger partial charge in [0.05, 0.1) is 18.7 Å². The molecule has 0 saturated carbocycles. The summed E-state index contributed by atoms with van der Waals surface area (Å²) in [6, 6.07) is 17.6. The van der Waals surface area contributed by atoms with E-state index in [1.165, 1.54) is 16.7 Å². The predicted octanol–water partition coefficient (Wildman–Crippen LogP) is 4.95. The largest absolute Gasteiger partial charge is 0.494 e. The summed E-state index contributed by atoms with van der Waals surface area (Å²) in [5.41, 5.74) is 3.86. The van der Waals surface area contributed by atoms with Gasteiger partial charge in [-0.25, -0.2) is 4.68 Å². The number of rotatable bonds is 5. The zero-order valence-corrected chi connectivity index (χ0v) is 16.1. The van der Waals surface area contributed by atoms with E-state index in [9.17, 15) is 0 Å². The molecule has 0 bridgehead atoms. The van der Waals surface area contributed by atoms with Gasteiger partial charge in [-0.3, -0.25) is 0 Å². The lowest BCUT2D eigenvalue weighted by Crippen LogP contribution is -2.28. The van der Waals surface area contributed by atoms with Gasteiger partial charge in [0, 0.05) is 0 Å². The van der Waals surface area contributed by atoms with Gasteiger partial charge < -0.3 is 10.1 Å². The molecule has 4 rings (SSSR count). The standard InChI is InChI=1S/C22H26N4O/c1-4-27-19-11-9-17(10-12-19)20-13-21(26-22(25-20)23-14-24-26)18-7-5-16(6-8-18)15(2)3/h5-12,14-15,20-21H,4,13H2,1-3H3,(H,23,24,25). The predicted molar refractivity (Wildman–Crippen MR) is 107 cm³/mol. The molecule has 3 aromatic rings. The second kappa shape index (κ2) is 7.43. The van der Waals surface area contributed by atoms with Crippen LogP contribution in [0.2, 0.25) is 0 Å². The van der Waals surface area contributed by atoms with Crippen LogP contribution in [0.25, 0.3) is 0 Å². The maximum atomic E-state index is 5.57. The highest BCUT2D eigenvalue weighted by Gasteiger charge is 2.29. The molecule has 0 spiro atoms. The number of nitrogens with one attached hydrogen (secondary N) is 1. The summed E-state index contributed by atoms with van der Waals surface area (Å²) in [5.74, 6) is 2.25. The molecule has 0 amide bonds. The highest BCUT2D eigenvalue weighted by Crippen LogP contribution is 2.37. The minimum atomic E-state index is 0.168. The van der Waals surface area contributed by atoms with Crippen LogP contribution < -0.4 is 10.1 Å². The molecule has 2 heterocycles. The number of anilines is 1. The molecular weight excluding hydrogens is 336 g/mol. The lowest BCUT2D eigenvalue weighted by atomic mass is 9.92. The zero-order chi connectivity index (χ0) is 18.8. The van der Waals surface area contributed by atoms with Crippen molar-refractivity contribution < 1.29 is 4.74 Å². The van der Waals surface area contributed by atoms with E-state index in [0.717, 1.165) is 18.1 Å². The molecule has 2 atom stereocenters. The van der Waals surface area contributed by atoms with Gasteiger partial charge in [-0.15, -0.1) is 0 Å². The van der Waals surface area contributed by atoms with Crippen molar-refractivity contribution in [2.24, 2.45) is 0 Å². The molecular formula is C22H26N4O. The van der Waals surface area contributed by atoms with Crippen molar-refractivity contribution in [3.05, 3.63) is 71.5 Å². The molecule has 1 aliphatic rings. The van der Waals surface area contributed by atoms with Crippen LogP contribution in [-0.4, -0.2) is 21.4 Å². The maximum absolute atomic E-state index is 5.57. The van der Waals surface area contributed by atoms with E-state index < -0.39 is 0 Å². The molecule has 5 nitrogen and oxygen atoms in total. The molecule has 0 aliphatic carbocycles. The topological polar surface area (TPSA) is 52.0 Å². The molecule has 2 unspecified atom stereocenters. The van der Waals surface area contributed by atoms with Crippen LogP contribution in [0.1, 0.15) is 61.9 Å². The minimum absolute atomic E-state index is 0.168. The highest BCUT2D eigenvalue weighted by molar-refractivity contribution is 5.40. The number of fused-ring (bicyclic) bond motifs is 1. The molecule has 27 heavy (non-hydrogen) atoms. The number of aromatic nitrogens is 3. The number of hydrogen-bond donors (Lipinski definition) is 1. The molecule has 0 fully saturated rings. The van der Waals surface area contributed by atoms with E-state index in [0.29, 0.717) is 12.5 Å². The molecule has 1 N–H and O–H groups in total. The Morgan fingerprint density at radius 1 is 1.07 bits per heavy atom. The van der Waals surface area contributed by atoms with E-state index in [-0.39, 0.29) is 12.1 Å². The molecule has 0 saturated heterocycles. The maximum Gasteiger partial charge on any atom is 0.222 e. The number of hydrogen-bond acceptors (Lipinski definition) is 4. The summed E-state index contributed by atoms with van der Waals surface area (Å²) in [6.45, 7) is 7.12. The first-order valence-electron chi connectivity index (χ1n) is 9.64. The fourth-order valence-electron chi connectivity index (χ4n) is 3.68. The highest BCUT2D eigenvalue weighted by atomic mass is 16.5. The average Bonchev–Trinajstić information content (AvgIpc) is 3.17. The number of benzene rings is 2. The third kappa shape index (κ3) is 3.54. The van der Waals surface area contributed by atoms with Crippen LogP contribution in [0.4, 0.5) is 5.95 Å². The van der Waals surface area contributed by atoms with Gasteiger partial charge in [0.25, 0.3) is 0 Å². The Kier molecular flexibility index (Phi) is 4.84. The van der Waals surface area contributed by atoms with Crippen molar-refractivity contribution in [3.8, 4) is 5.75 Å². The average molecular weight is 362 g/mol. The van der Waals surface area contributed by atoms with Gasteiger partial charge in [-0.05, 0) is 48.1 Å². The lowest BCUT2D eigenvalue weighted by molar-refractivity contribution is 0.340. The zero-order valence-electron chi connectivity index (χ0n) is 16.1. The Morgan fingerprint density at radius 2 is 1.78 bits per heavy atom. The van der Waals surface area contributed by atoms with Crippen LogP contribution in [0.5, 0.6) is 5.75 Å². The third-order valence-electron chi connectivity index (χ3n) is 5.21. The van der Waals surface area contributed by atoms with Crippen molar-refractivity contribution in [1.29, 1.82) is 0 Å². The van der Waals surface area contributed by atoms with E-state index in [1.54, 1.807) is 6.33 Å². The quantitative estimate of drug-likeness (QED) is 0.698. The lowest BCUT2D eigenvalue weighted by Gasteiger charge is -2.32. The Bertz CT molecular complexity index is 883. The second-order valence-electron chi connectivity index (χ2n) is 7.30. The molecule has 1 aromatic heterocycles. The minimum Gasteiger partial charge on any atom is -0.494 e. The van der Waals surface area contributed by atoms with Crippen molar-refractivity contribution in [3.63, 3.8) is 0 Å². The van der Waals surface area contributed by atoms with Gasteiger partial charge in [0.1, 0.15) is 12.1 Å². The Balaban J connectivity index is 1.62. The van der Waals surface area contributed by atoms with Crippen molar-refractivity contribution in [2.75, 3.05) is 11.9 Å². The normalized spacial score (nSPS) is 18.8. The van der Waals surface area contributed by atoms with Crippen LogP contribution in [0.15, 0.2) is 54.9 Å². The summed E-state index contributed by atoms with van der Waals surface area (Å²) in [5, 5.41) is 7.98. The van der Waals surface area contributed by atoms with E-state index in [2.05, 4.69) is 65.6 Å². The van der Waals surface area contributed by atoms with Crippen LogP contribution >= 0.6 is 0 Å². The summed E-state index contributed by atoms with van der Waals surface area (Å²) in [6.07, 6.45) is 2.55. The smallest absolute Gasteiger partial charge is 0.222 e. The van der Waals surface area contributed by atoms with E-state index >= 15 is 0 Å². The van der Waals surface area contributed by atoms with Crippen LogP contribution in [-0.2, 0) is 0 Å². The van der Waals surface area contributed by atoms with Crippen molar-refractivity contribution in [1.82, 2.24) is 14.8 Å². The fraction of sp³-hybridized carbons (Fsp3) is 0.364. The van der Waals surface area contributed by atoms with Gasteiger partial charge in [0.2, 0.25) is 5.95 Å².